The van der Waals surface area contributed by atoms with Crippen LogP contribution >= 0.6 is 0 Å². The monoisotopic (exact) mass is 571 g/mol. The van der Waals surface area contributed by atoms with E-state index in [9.17, 15) is 4.39 Å². The maximum atomic E-state index is 14.3. The van der Waals surface area contributed by atoms with Gasteiger partial charge in [0.1, 0.15) is 23.9 Å². The molecule has 0 saturated heterocycles. The second-order valence-corrected chi connectivity index (χ2v) is 9.97. The minimum absolute atomic E-state index is 0.360. The molecule has 0 atom stereocenters. The lowest BCUT2D eigenvalue weighted by atomic mass is 10.0. The first-order valence-electron chi connectivity index (χ1n) is 13.8. The molecule has 3 heterocycles. The molecule has 0 spiro atoms. The van der Waals surface area contributed by atoms with E-state index in [1.165, 1.54) is 19.2 Å². The molecule has 8 heteroatoms. The van der Waals surface area contributed by atoms with Crippen LogP contribution in [0.25, 0.3) is 50.0 Å². The zero-order chi connectivity index (χ0) is 29.8. The fourth-order valence-corrected chi connectivity index (χ4v) is 5.06. The highest BCUT2D eigenvalue weighted by Crippen LogP contribution is 2.36. The fraction of sp³-hybridized carbons (Fsp3) is 0.0857. The van der Waals surface area contributed by atoms with E-state index in [1.54, 1.807) is 12.4 Å². The number of hydrogen-bond acceptors (Lipinski definition) is 5. The number of hydrogen-bond donors (Lipinski definition) is 3. The van der Waals surface area contributed by atoms with Crippen molar-refractivity contribution in [2.45, 2.75) is 13.5 Å². The van der Waals surface area contributed by atoms with Crippen LogP contribution in [0.1, 0.15) is 18.1 Å². The van der Waals surface area contributed by atoms with Gasteiger partial charge in [-0.3, -0.25) is 5.10 Å². The van der Waals surface area contributed by atoms with Gasteiger partial charge in [0.05, 0.1) is 18.5 Å². The number of halogens is 1. The number of fused-ring (bicyclic) bond motifs is 2. The van der Waals surface area contributed by atoms with Crippen molar-refractivity contribution >= 4 is 27.5 Å². The third-order valence-corrected chi connectivity index (χ3v) is 7.15. The molecule has 6 aromatic rings. The van der Waals surface area contributed by atoms with Crippen LogP contribution in [0.4, 0.5) is 4.39 Å². The van der Waals surface area contributed by atoms with Crippen LogP contribution < -0.4 is 10.5 Å². The van der Waals surface area contributed by atoms with Gasteiger partial charge >= 0.3 is 0 Å². The normalized spacial score (nSPS) is 12.4. The van der Waals surface area contributed by atoms with Gasteiger partial charge in [0.25, 0.3) is 0 Å². The molecule has 0 unspecified atom stereocenters. The Morgan fingerprint density at radius 2 is 1.86 bits per heavy atom. The number of aromatic nitrogens is 4. The second kappa shape index (κ2) is 12.1. The Morgan fingerprint density at radius 1 is 1.00 bits per heavy atom. The zero-order valence-corrected chi connectivity index (χ0v) is 23.8. The Balaban J connectivity index is 1.36. The summed E-state index contributed by atoms with van der Waals surface area (Å²) in [6, 6.07) is 24.6. The molecular formula is C35H30FN5O2. The number of ether oxygens (including phenoxy) is 2. The molecule has 3 aromatic carbocycles. The highest BCUT2D eigenvalue weighted by molar-refractivity contribution is 6.01. The van der Waals surface area contributed by atoms with Gasteiger partial charge in [0, 0.05) is 45.9 Å². The number of pyridine rings is 1. The molecule has 0 aliphatic carbocycles. The minimum Gasteiger partial charge on any atom is -0.497 e. The first kappa shape index (κ1) is 27.5. The predicted octanol–water partition coefficient (Wildman–Crippen LogP) is 7.90. The lowest BCUT2D eigenvalue weighted by Gasteiger charge is -2.09. The maximum absolute atomic E-state index is 14.3. The molecule has 0 bridgehead atoms. The predicted molar refractivity (Wildman–Crippen MR) is 169 cm³/mol. The van der Waals surface area contributed by atoms with Gasteiger partial charge in [-0.1, -0.05) is 48.5 Å². The summed E-state index contributed by atoms with van der Waals surface area (Å²) in [7, 11) is 1.53. The Labute approximate surface area is 248 Å². The average Bonchev–Trinajstić information content (AvgIpc) is 3.66. The van der Waals surface area contributed by atoms with E-state index in [4.69, 9.17) is 15.2 Å². The lowest BCUT2D eigenvalue weighted by Crippen LogP contribution is -1.95. The molecule has 0 amide bonds. The van der Waals surface area contributed by atoms with Crippen LogP contribution in [0.3, 0.4) is 0 Å². The largest absolute Gasteiger partial charge is 0.497 e. The summed E-state index contributed by atoms with van der Waals surface area (Å²) in [4.78, 5) is 8.08. The topological polar surface area (TPSA) is 102 Å². The summed E-state index contributed by atoms with van der Waals surface area (Å²) in [6.07, 6.45) is 9.00. The highest BCUT2D eigenvalue weighted by Gasteiger charge is 2.16. The van der Waals surface area contributed by atoms with Gasteiger partial charge in [-0.25, -0.2) is 9.37 Å². The van der Waals surface area contributed by atoms with E-state index in [0.29, 0.717) is 23.8 Å². The molecule has 3 aromatic heterocycles. The number of aromatic amines is 2. The summed E-state index contributed by atoms with van der Waals surface area (Å²) < 4.78 is 25.7. The Hall–Kier alpha value is -5.63. The van der Waals surface area contributed by atoms with Crippen LogP contribution in [-0.2, 0) is 11.3 Å². The van der Waals surface area contributed by atoms with Crippen molar-refractivity contribution < 1.29 is 13.9 Å². The first-order chi connectivity index (χ1) is 21.1. The van der Waals surface area contributed by atoms with Crippen LogP contribution in [0.15, 0.2) is 115 Å². The first-order valence-corrected chi connectivity index (χ1v) is 13.8. The third-order valence-electron chi connectivity index (χ3n) is 7.15. The smallest absolute Gasteiger partial charge is 0.181 e. The molecule has 0 fully saturated rings. The van der Waals surface area contributed by atoms with Crippen molar-refractivity contribution in [1.29, 1.82) is 0 Å². The Kier molecular flexibility index (Phi) is 7.74. The molecule has 0 aliphatic rings. The highest BCUT2D eigenvalue weighted by atomic mass is 19.1. The van der Waals surface area contributed by atoms with E-state index >= 15 is 0 Å². The summed E-state index contributed by atoms with van der Waals surface area (Å²) >= 11 is 0. The number of nitrogens with two attached hydrogens (primary N) is 1. The third kappa shape index (κ3) is 5.76. The van der Waals surface area contributed by atoms with E-state index in [1.807, 2.05) is 91.9 Å². The van der Waals surface area contributed by atoms with E-state index in [0.717, 1.165) is 55.5 Å². The molecular weight excluding hydrogens is 541 g/mol. The molecule has 0 aliphatic heterocycles. The SMILES string of the molecule is CC=C/C(=C\C(=C/N)c1cnc2n[nH]c(-c3cc4c(-c5cc(F)cc(OC)c5)cccc4[nH]3)c2c1)OCc1ccccc1. The Bertz CT molecular complexity index is 2000. The number of rotatable bonds is 9. The van der Waals surface area contributed by atoms with Crippen molar-refractivity contribution in [3.63, 3.8) is 0 Å². The molecule has 7 nitrogen and oxygen atoms in total. The zero-order valence-electron chi connectivity index (χ0n) is 23.8. The van der Waals surface area contributed by atoms with Crippen molar-refractivity contribution in [2.24, 2.45) is 5.73 Å². The summed E-state index contributed by atoms with van der Waals surface area (Å²) in [5.41, 5.74) is 13.4. The van der Waals surface area contributed by atoms with E-state index < -0.39 is 0 Å². The number of benzene rings is 3. The maximum Gasteiger partial charge on any atom is 0.181 e. The van der Waals surface area contributed by atoms with Crippen molar-refractivity contribution in [1.82, 2.24) is 20.2 Å². The standard InChI is InChI=1S/C35H30FN5O2/c1-3-8-27(43-21-22-9-5-4-6-10-22)15-24(19-37)25-16-31-34(40-41-35(31)38-20-25)33-18-30-29(11-7-12-32(30)39-33)23-13-26(36)17-28(14-23)42-2/h3-20,39H,21,37H2,1-2H3,(H,38,40,41)/b8-3?,24-19+,27-15+. The minimum atomic E-state index is -0.360. The number of methoxy groups -OCH3 is 1. The van der Waals surface area contributed by atoms with Gasteiger partial charge in [-0.2, -0.15) is 5.10 Å². The van der Waals surface area contributed by atoms with Crippen LogP contribution in [0.5, 0.6) is 5.75 Å². The molecule has 6 rings (SSSR count). The van der Waals surface area contributed by atoms with Crippen molar-refractivity contribution in [3.8, 4) is 28.3 Å². The van der Waals surface area contributed by atoms with Crippen LogP contribution in [0.2, 0.25) is 0 Å². The molecule has 214 valence electrons. The summed E-state index contributed by atoms with van der Waals surface area (Å²) in [5, 5.41) is 9.33. The van der Waals surface area contributed by atoms with Gasteiger partial charge in [0.2, 0.25) is 0 Å². The fourth-order valence-electron chi connectivity index (χ4n) is 5.06. The van der Waals surface area contributed by atoms with E-state index in [-0.39, 0.29) is 5.82 Å². The van der Waals surface area contributed by atoms with Crippen molar-refractivity contribution in [2.75, 3.05) is 7.11 Å². The van der Waals surface area contributed by atoms with Gasteiger partial charge in [-0.15, -0.1) is 0 Å². The quantitative estimate of drug-likeness (QED) is 0.121. The van der Waals surface area contributed by atoms with Crippen LogP contribution in [-0.4, -0.2) is 27.3 Å². The lowest BCUT2D eigenvalue weighted by molar-refractivity contribution is 0.211. The number of allylic oxidation sites excluding steroid dienone is 4. The van der Waals surface area contributed by atoms with Gasteiger partial charge in [-0.05, 0) is 66.1 Å². The number of H-pyrrole nitrogens is 2. The molecule has 0 saturated carbocycles. The van der Waals surface area contributed by atoms with E-state index in [2.05, 4.69) is 20.2 Å². The Morgan fingerprint density at radius 3 is 2.65 bits per heavy atom. The summed E-state index contributed by atoms with van der Waals surface area (Å²) in [5.74, 6) is 0.774. The molecule has 4 N–H and O–H groups in total. The molecule has 0 radical (unpaired) electrons. The summed E-state index contributed by atoms with van der Waals surface area (Å²) in [6.45, 7) is 2.37. The average molecular weight is 572 g/mol. The van der Waals surface area contributed by atoms with Crippen molar-refractivity contribution in [3.05, 3.63) is 132 Å². The van der Waals surface area contributed by atoms with Gasteiger partial charge < -0.3 is 20.2 Å². The number of nitrogens with zero attached hydrogens (tertiary/aromatic N) is 2. The molecule has 43 heavy (non-hydrogen) atoms. The number of nitrogens with one attached hydrogen (secondary N) is 2. The van der Waals surface area contributed by atoms with Crippen LogP contribution in [0, 0.1) is 5.82 Å². The second-order valence-electron chi connectivity index (χ2n) is 9.97. The van der Waals surface area contributed by atoms with Gasteiger partial charge in [0.15, 0.2) is 5.65 Å².